The molecular weight excluding hydrogens is 336 g/mol. The number of anilines is 1. The van der Waals surface area contributed by atoms with Gasteiger partial charge in [-0.3, -0.25) is 10.1 Å². The first-order chi connectivity index (χ1) is 12.2. The van der Waals surface area contributed by atoms with Gasteiger partial charge < -0.3 is 9.47 Å². The van der Waals surface area contributed by atoms with Crippen LogP contribution in [-0.4, -0.2) is 25.1 Å². The molecule has 1 heterocycles. The van der Waals surface area contributed by atoms with E-state index in [1.165, 1.54) is 24.0 Å². The number of carbonyl (C=O) groups excluding carboxylic acids is 1. The fraction of sp³-hybridized carbons (Fsp3) is 0.158. The van der Waals surface area contributed by atoms with Crippen molar-refractivity contribution in [3.8, 4) is 11.5 Å². The molecule has 0 aliphatic rings. The Labute approximate surface area is 150 Å². The zero-order chi connectivity index (χ0) is 17.6. The van der Waals surface area contributed by atoms with Crippen LogP contribution in [0.1, 0.15) is 20.8 Å². The minimum atomic E-state index is -0.264. The molecule has 0 saturated carbocycles. The molecule has 0 fully saturated rings. The third kappa shape index (κ3) is 4.16. The summed E-state index contributed by atoms with van der Waals surface area (Å²) >= 11 is 1.46. The Morgan fingerprint density at radius 1 is 1.12 bits per heavy atom. The summed E-state index contributed by atoms with van der Waals surface area (Å²) in [7, 11) is 3.09. The van der Waals surface area contributed by atoms with E-state index >= 15 is 0 Å². The van der Waals surface area contributed by atoms with Crippen molar-refractivity contribution in [1.82, 2.24) is 4.98 Å². The highest BCUT2D eigenvalue weighted by Gasteiger charge is 2.15. The molecule has 3 aromatic rings. The summed E-state index contributed by atoms with van der Waals surface area (Å²) in [6.07, 6.45) is 2.58. The van der Waals surface area contributed by atoms with Crippen LogP contribution in [0, 0.1) is 0 Å². The minimum Gasteiger partial charge on any atom is -0.497 e. The summed E-state index contributed by atoms with van der Waals surface area (Å²) in [5, 5.41) is 3.39. The van der Waals surface area contributed by atoms with E-state index in [1.54, 1.807) is 31.5 Å². The number of nitrogens with one attached hydrogen (secondary N) is 1. The van der Waals surface area contributed by atoms with Gasteiger partial charge in [0.25, 0.3) is 5.91 Å². The SMILES string of the molecule is COc1ccc(C(=O)Nc2ncc(Cc3ccccc3)s2)c(OC)c1. The van der Waals surface area contributed by atoms with Gasteiger partial charge in [-0.05, 0) is 17.7 Å². The number of rotatable bonds is 6. The van der Waals surface area contributed by atoms with Gasteiger partial charge >= 0.3 is 0 Å². The Kier molecular flexibility index (Phi) is 5.30. The van der Waals surface area contributed by atoms with Crippen molar-refractivity contribution < 1.29 is 14.3 Å². The second-order valence-corrected chi connectivity index (χ2v) is 6.43. The Bertz CT molecular complexity index is 862. The molecule has 0 spiro atoms. The van der Waals surface area contributed by atoms with Crippen LogP contribution >= 0.6 is 11.3 Å². The summed E-state index contributed by atoms with van der Waals surface area (Å²) in [4.78, 5) is 17.9. The van der Waals surface area contributed by atoms with Crippen molar-refractivity contribution in [3.63, 3.8) is 0 Å². The van der Waals surface area contributed by atoms with E-state index in [1.807, 2.05) is 18.2 Å². The molecule has 2 aromatic carbocycles. The number of methoxy groups -OCH3 is 2. The van der Waals surface area contributed by atoms with Crippen LogP contribution in [0.2, 0.25) is 0 Å². The van der Waals surface area contributed by atoms with Gasteiger partial charge in [-0.1, -0.05) is 30.3 Å². The van der Waals surface area contributed by atoms with Gasteiger partial charge in [-0.25, -0.2) is 4.98 Å². The number of hydrogen-bond donors (Lipinski definition) is 1. The zero-order valence-corrected chi connectivity index (χ0v) is 14.8. The van der Waals surface area contributed by atoms with Gasteiger partial charge in [-0.2, -0.15) is 0 Å². The molecule has 0 radical (unpaired) electrons. The van der Waals surface area contributed by atoms with Crippen LogP contribution in [0.5, 0.6) is 11.5 Å². The number of benzene rings is 2. The summed E-state index contributed by atoms with van der Waals surface area (Å²) in [5.41, 5.74) is 1.64. The molecule has 5 nitrogen and oxygen atoms in total. The molecule has 0 aliphatic carbocycles. The van der Waals surface area contributed by atoms with Gasteiger partial charge in [0, 0.05) is 23.6 Å². The quantitative estimate of drug-likeness (QED) is 0.727. The van der Waals surface area contributed by atoms with Crippen LogP contribution in [0.25, 0.3) is 0 Å². The molecule has 1 amide bonds. The monoisotopic (exact) mass is 354 g/mol. The lowest BCUT2D eigenvalue weighted by Gasteiger charge is -2.09. The van der Waals surface area contributed by atoms with Crippen LogP contribution in [0.15, 0.2) is 54.7 Å². The number of thiazole rings is 1. The van der Waals surface area contributed by atoms with Crippen LogP contribution in [0.4, 0.5) is 5.13 Å². The van der Waals surface area contributed by atoms with Crippen molar-refractivity contribution in [3.05, 3.63) is 70.7 Å². The van der Waals surface area contributed by atoms with Crippen LogP contribution in [-0.2, 0) is 6.42 Å². The number of carbonyl (C=O) groups is 1. The Balaban J connectivity index is 1.71. The van der Waals surface area contributed by atoms with E-state index in [0.29, 0.717) is 22.2 Å². The number of aromatic nitrogens is 1. The van der Waals surface area contributed by atoms with E-state index in [9.17, 15) is 4.79 Å². The average molecular weight is 354 g/mol. The second kappa shape index (κ2) is 7.81. The van der Waals surface area contributed by atoms with Crippen molar-refractivity contribution in [1.29, 1.82) is 0 Å². The lowest BCUT2D eigenvalue weighted by Crippen LogP contribution is -2.13. The van der Waals surface area contributed by atoms with E-state index in [-0.39, 0.29) is 5.91 Å². The van der Waals surface area contributed by atoms with Gasteiger partial charge in [0.1, 0.15) is 11.5 Å². The highest BCUT2D eigenvalue weighted by Crippen LogP contribution is 2.27. The van der Waals surface area contributed by atoms with Gasteiger partial charge in [-0.15, -0.1) is 11.3 Å². The first kappa shape index (κ1) is 17.0. The first-order valence-corrected chi connectivity index (χ1v) is 8.53. The molecule has 128 valence electrons. The van der Waals surface area contributed by atoms with E-state index < -0.39 is 0 Å². The van der Waals surface area contributed by atoms with Crippen molar-refractivity contribution >= 4 is 22.4 Å². The maximum atomic E-state index is 12.5. The minimum absolute atomic E-state index is 0.264. The van der Waals surface area contributed by atoms with Crippen LogP contribution < -0.4 is 14.8 Å². The fourth-order valence-corrected chi connectivity index (χ4v) is 3.24. The molecule has 1 aromatic heterocycles. The van der Waals surface area contributed by atoms with Crippen molar-refractivity contribution in [2.24, 2.45) is 0 Å². The highest BCUT2D eigenvalue weighted by atomic mass is 32.1. The third-order valence-corrected chi connectivity index (χ3v) is 4.56. The van der Waals surface area contributed by atoms with E-state index in [4.69, 9.17) is 9.47 Å². The lowest BCUT2D eigenvalue weighted by molar-refractivity contribution is 0.102. The molecule has 0 saturated heterocycles. The summed E-state index contributed by atoms with van der Waals surface area (Å²) in [6, 6.07) is 15.2. The number of amides is 1. The summed E-state index contributed by atoms with van der Waals surface area (Å²) in [6.45, 7) is 0. The molecule has 0 aliphatic heterocycles. The molecule has 6 heteroatoms. The van der Waals surface area contributed by atoms with Gasteiger partial charge in [0.05, 0.1) is 19.8 Å². The summed E-state index contributed by atoms with van der Waals surface area (Å²) in [5.74, 6) is 0.825. The third-order valence-electron chi connectivity index (χ3n) is 3.65. The molecule has 3 rings (SSSR count). The largest absolute Gasteiger partial charge is 0.497 e. The van der Waals surface area contributed by atoms with E-state index in [2.05, 4.69) is 22.4 Å². The van der Waals surface area contributed by atoms with Crippen molar-refractivity contribution in [2.45, 2.75) is 6.42 Å². The number of ether oxygens (including phenoxy) is 2. The standard InChI is InChI=1S/C19H18N2O3S/c1-23-14-8-9-16(17(11-14)24-2)18(22)21-19-20-12-15(25-19)10-13-6-4-3-5-7-13/h3-9,11-12H,10H2,1-2H3,(H,20,21,22). The lowest BCUT2D eigenvalue weighted by atomic mass is 10.1. The molecule has 0 bridgehead atoms. The van der Waals surface area contributed by atoms with Gasteiger partial charge in [0.15, 0.2) is 5.13 Å². The first-order valence-electron chi connectivity index (χ1n) is 7.71. The summed E-state index contributed by atoms with van der Waals surface area (Å²) < 4.78 is 10.4. The van der Waals surface area contributed by atoms with Crippen LogP contribution in [0.3, 0.4) is 0 Å². The molecule has 0 atom stereocenters. The highest BCUT2D eigenvalue weighted by molar-refractivity contribution is 7.15. The maximum Gasteiger partial charge on any atom is 0.261 e. The van der Waals surface area contributed by atoms with E-state index in [0.717, 1.165) is 11.3 Å². The van der Waals surface area contributed by atoms with Gasteiger partial charge in [0.2, 0.25) is 0 Å². The molecule has 0 unspecified atom stereocenters. The van der Waals surface area contributed by atoms with Crippen molar-refractivity contribution in [2.75, 3.05) is 19.5 Å². The molecular formula is C19H18N2O3S. The predicted molar refractivity (Wildman–Crippen MR) is 98.9 cm³/mol. The zero-order valence-electron chi connectivity index (χ0n) is 14.0. The average Bonchev–Trinajstić information content (AvgIpc) is 3.08. The topological polar surface area (TPSA) is 60.5 Å². The second-order valence-electron chi connectivity index (χ2n) is 5.31. The Morgan fingerprint density at radius 3 is 2.64 bits per heavy atom. The fourth-order valence-electron chi connectivity index (χ4n) is 2.39. The predicted octanol–water partition coefficient (Wildman–Crippen LogP) is 4.00. The maximum absolute atomic E-state index is 12.5. The normalized spacial score (nSPS) is 10.3. The Hall–Kier alpha value is -2.86. The number of nitrogens with zero attached hydrogens (tertiary/aromatic N) is 1. The number of hydrogen-bond acceptors (Lipinski definition) is 5. The smallest absolute Gasteiger partial charge is 0.261 e. The Morgan fingerprint density at radius 2 is 1.92 bits per heavy atom. The molecule has 25 heavy (non-hydrogen) atoms. The molecule has 1 N–H and O–H groups in total.